The second-order valence-electron chi connectivity index (χ2n) is 7.42. The Balaban J connectivity index is 1.64. The fourth-order valence-electron chi connectivity index (χ4n) is 4.08. The van der Waals surface area contributed by atoms with Gasteiger partial charge in [-0.05, 0) is 53.6 Å². The number of nitrogens with one attached hydrogen (secondary N) is 1. The van der Waals surface area contributed by atoms with E-state index < -0.39 is 17.9 Å². The van der Waals surface area contributed by atoms with Gasteiger partial charge in [-0.2, -0.15) is 0 Å². The number of carbonyl (C=O) groups is 1. The minimum absolute atomic E-state index is 0.110. The fourth-order valence-corrected chi connectivity index (χ4v) is 4.08. The van der Waals surface area contributed by atoms with Crippen LogP contribution in [-0.4, -0.2) is 15.5 Å². The summed E-state index contributed by atoms with van der Waals surface area (Å²) in [6.07, 6.45) is 1.95. The van der Waals surface area contributed by atoms with E-state index in [1.165, 1.54) is 24.3 Å². The van der Waals surface area contributed by atoms with Crippen molar-refractivity contribution in [2.75, 3.05) is 5.32 Å². The maximum absolute atomic E-state index is 14.2. The number of benzene rings is 3. The molecule has 2 heterocycles. The number of nitrogens with zero attached hydrogens (tertiary/aromatic N) is 2. The molecule has 1 aliphatic heterocycles. The number of hydrogen-bond acceptors (Lipinski definition) is 1. The lowest BCUT2D eigenvalue weighted by atomic mass is 10.0. The lowest BCUT2D eigenvalue weighted by molar-refractivity contribution is 0.194. The van der Waals surface area contributed by atoms with Crippen molar-refractivity contribution < 1.29 is 13.6 Å². The van der Waals surface area contributed by atoms with Crippen LogP contribution in [0.2, 0.25) is 0 Å². The molecule has 1 atom stereocenters. The zero-order chi connectivity index (χ0) is 21.4. The SMILES string of the molecule is O=C(Nc1ccccc1F)N1Cc2ccccc2-n2cccc2C1c1ccc(F)cc1. The summed E-state index contributed by atoms with van der Waals surface area (Å²) in [6.45, 7) is 0.306. The van der Waals surface area contributed by atoms with Crippen LogP contribution in [0.15, 0.2) is 91.1 Å². The minimum atomic E-state index is -0.507. The van der Waals surface area contributed by atoms with E-state index in [0.29, 0.717) is 6.54 Å². The van der Waals surface area contributed by atoms with E-state index in [1.54, 1.807) is 29.2 Å². The van der Waals surface area contributed by atoms with Crippen LogP contribution in [0, 0.1) is 11.6 Å². The van der Waals surface area contributed by atoms with Gasteiger partial charge >= 0.3 is 6.03 Å². The van der Waals surface area contributed by atoms with Gasteiger partial charge in [0.2, 0.25) is 0 Å². The first-order chi connectivity index (χ1) is 15.1. The lowest BCUT2D eigenvalue weighted by Gasteiger charge is -2.31. The van der Waals surface area contributed by atoms with Crippen LogP contribution in [0.4, 0.5) is 19.3 Å². The Morgan fingerprint density at radius 3 is 2.42 bits per heavy atom. The van der Waals surface area contributed by atoms with Crippen LogP contribution in [0.1, 0.15) is 22.9 Å². The molecule has 0 aliphatic carbocycles. The van der Waals surface area contributed by atoms with Crippen LogP contribution >= 0.6 is 0 Å². The van der Waals surface area contributed by atoms with Crippen LogP contribution in [-0.2, 0) is 6.54 Å². The highest BCUT2D eigenvalue weighted by Crippen LogP contribution is 2.37. The Bertz CT molecular complexity index is 1250. The molecule has 0 saturated carbocycles. The topological polar surface area (TPSA) is 37.3 Å². The second kappa shape index (κ2) is 7.72. The van der Waals surface area contributed by atoms with Crippen molar-refractivity contribution in [2.24, 2.45) is 0 Å². The van der Waals surface area contributed by atoms with Gasteiger partial charge in [0.1, 0.15) is 11.6 Å². The molecule has 4 nitrogen and oxygen atoms in total. The largest absolute Gasteiger partial charge is 0.323 e. The van der Waals surface area contributed by atoms with E-state index in [0.717, 1.165) is 22.5 Å². The van der Waals surface area contributed by atoms with Gasteiger partial charge in [-0.15, -0.1) is 0 Å². The molecule has 3 aromatic carbocycles. The molecule has 6 heteroatoms. The molecule has 4 aromatic rings. The van der Waals surface area contributed by atoms with Crippen molar-refractivity contribution in [2.45, 2.75) is 12.6 Å². The molecule has 0 bridgehead atoms. The molecule has 1 unspecified atom stereocenters. The Morgan fingerprint density at radius 1 is 0.871 bits per heavy atom. The molecule has 0 spiro atoms. The average Bonchev–Trinajstić information content (AvgIpc) is 3.20. The summed E-state index contributed by atoms with van der Waals surface area (Å²) in [5.74, 6) is -0.855. The van der Waals surface area contributed by atoms with Gasteiger partial charge in [0.05, 0.1) is 24.0 Å². The van der Waals surface area contributed by atoms with E-state index in [-0.39, 0.29) is 11.5 Å². The summed E-state index contributed by atoms with van der Waals surface area (Å²) in [6, 6.07) is 22.9. The maximum atomic E-state index is 14.2. The van der Waals surface area contributed by atoms with Crippen LogP contribution < -0.4 is 5.32 Å². The molecular weight excluding hydrogens is 396 g/mol. The molecule has 5 rings (SSSR count). The number of carbonyl (C=O) groups excluding carboxylic acids is 1. The summed E-state index contributed by atoms with van der Waals surface area (Å²) in [5, 5.41) is 2.70. The number of hydrogen-bond donors (Lipinski definition) is 1. The first kappa shape index (κ1) is 19.1. The number of halogens is 2. The average molecular weight is 415 g/mol. The molecule has 0 fully saturated rings. The van der Waals surface area contributed by atoms with E-state index in [4.69, 9.17) is 0 Å². The molecule has 0 saturated heterocycles. The number of urea groups is 1. The van der Waals surface area contributed by atoms with Crippen molar-refractivity contribution in [3.8, 4) is 5.69 Å². The number of aromatic nitrogens is 1. The Morgan fingerprint density at radius 2 is 1.61 bits per heavy atom. The highest BCUT2D eigenvalue weighted by molar-refractivity contribution is 5.90. The van der Waals surface area contributed by atoms with Gasteiger partial charge in [0.25, 0.3) is 0 Å². The van der Waals surface area contributed by atoms with E-state index in [2.05, 4.69) is 5.32 Å². The van der Waals surface area contributed by atoms with Gasteiger partial charge < -0.3 is 14.8 Å². The number of para-hydroxylation sites is 2. The van der Waals surface area contributed by atoms with Crippen molar-refractivity contribution in [1.82, 2.24) is 9.47 Å². The lowest BCUT2D eigenvalue weighted by Crippen LogP contribution is -2.38. The number of anilines is 1. The van der Waals surface area contributed by atoms with Crippen LogP contribution in [0.25, 0.3) is 5.69 Å². The van der Waals surface area contributed by atoms with Gasteiger partial charge in [0, 0.05) is 11.9 Å². The fraction of sp³-hybridized carbons (Fsp3) is 0.0800. The maximum Gasteiger partial charge on any atom is 0.323 e. The Kier molecular flexibility index (Phi) is 4.75. The Hall–Kier alpha value is -3.93. The molecule has 154 valence electrons. The zero-order valence-corrected chi connectivity index (χ0v) is 16.5. The van der Waals surface area contributed by atoms with Gasteiger partial charge in [-0.1, -0.05) is 42.5 Å². The molecule has 1 aromatic heterocycles. The summed E-state index contributed by atoms with van der Waals surface area (Å²) in [4.78, 5) is 15.1. The summed E-state index contributed by atoms with van der Waals surface area (Å²) >= 11 is 0. The molecule has 0 radical (unpaired) electrons. The van der Waals surface area contributed by atoms with Crippen LogP contribution in [0.3, 0.4) is 0 Å². The third-order valence-corrected chi connectivity index (χ3v) is 5.53. The quantitative estimate of drug-likeness (QED) is 0.435. The normalized spacial score (nSPS) is 15.0. The summed E-state index contributed by atoms with van der Waals surface area (Å²) < 4.78 is 29.9. The van der Waals surface area contributed by atoms with E-state index in [9.17, 15) is 13.6 Å². The van der Waals surface area contributed by atoms with Crippen molar-refractivity contribution in [3.05, 3.63) is 120 Å². The number of fused-ring (bicyclic) bond motifs is 3. The van der Waals surface area contributed by atoms with Gasteiger partial charge in [0.15, 0.2) is 0 Å². The van der Waals surface area contributed by atoms with E-state index in [1.807, 2.05) is 47.2 Å². The van der Waals surface area contributed by atoms with Crippen molar-refractivity contribution in [3.63, 3.8) is 0 Å². The highest BCUT2D eigenvalue weighted by atomic mass is 19.1. The monoisotopic (exact) mass is 415 g/mol. The number of rotatable bonds is 2. The number of amides is 2. The third-order valence-electron chi connectivity index (χ3n) is 5.53. The zero-order valence-electron chi connectivity index (χ0n) is 16.5. The predicted molar refractivity (Wildman–Crippen MR) is 115 cm³/mol. The summed E-state index contributed by atoms with van der Waals surface area (Å²) in [5.41, 5.74) is 3.65. The van der Waals surface area contributed by atoms with Crippen molar-refractivity contribution >= 4 is 11.7 Å². The highest BCUT2D eigenvalue weighted by Gasteiger charge is 2.33. The minimum Gasteiger partial charge on any atom is -0.318 e. The predicted octanol–water partition coefficient (Wildman–Crippen LogP) is 5.89. The molecule has 2 amide bonds. The van der Waals surface area contributed by atoms with Gasteiger partial charge in [-0.25, -0.2) is 13.6 Å². The molecular formula is C25H19F2N3O. The van der Waals surface area contributed by atoms with Gasteiger partial charge in [-0.3, -0.25) is 0 Å². The molecule has 31 heavy (non-hydrogen) atoms. The first-order valence-electron chi connectivity index (χ1n) is 9.95. The van der Waals surface area contributed by atoms with Crippen molar-refractivity contribution in [1.29, 1.82) is 0 Å². The summed E-state index contributed by atoms with van der Waals surface area (Å²) in [7, 11) is 0. The first-order valence-corrected chi connectivity index (χ1v) is 9.95. The van der Waals surface area contributed by atoms with Crippen LogP contribution in [0.5, 0.6) is 0 Å². The smallest absolute Gasteiger partial charge is 0.318 e. The third kappa shape index (κ3) is 3.46. The standard InChI is InChI=1S/C25H19F2N3O/c26-19-13-11-17(12-14-19)24-23-10-5-15-29(23)22-9-4-1-6-18(22)16-30(24)25(31)28-21-8-3-2-7-20(21)27/h1-15,24H,16H2,(H,28,31). The molecule has 1 N–H and O–H groups in total. The van der Waals surface area contributed by atoms with E-state index >= 15 is 0 Å². The second-order valence-corrected chi connectivity index (χ2v) is 7.42. The Labute approximate surface area is 178 Å². The molecule has 1 aliphatic rings.